The Morgan fingerprint density at radius 2 is 2.16 bits per heavy atom. The highest BCUT2D eigenvalue weighted by Crippen LogP contribution is 2.17. The van der Waals surface area contributed by atoms with Gasteiger partial charge in [0.2, 0.25) is 0 Å². The van der Waals surface area contributed by atoms with Crippen molar-refractivity contribution in [1.29, 1.82) is 0 Å². The maximum atomic E-state index is 5.44. The minimum Gasteiger partial charge on any atom is -0.381 e. The molecule has 1 aromatic heterocycles. The molecule has 4 nitrogen and oxygen atoms in total. The number of aryl methyl sites for hydroxylation is 1. The van der Waals surface area contributed by atoms with E-state index < -0.39 is 0 Å². The van der Waals surface area contributed by atoms with Gasteiger partial charge in [-0.25, -0.2) is 4.98 Å². The van der Waals surface area contributed by atoms with Crippen molar-refractivity contribution >= 4 is 0 Å². The van der Waals surface area contributed by atoms with Crippen LogP contribution in [0.1, 0.15) is 38.9 Å². The molecule has 1 saturated heterocycles. The molecule has 1 fully saturated rings. The van der Waals surface area contributed by atoms with Crippen LogP contribution in [0.3, 0.4) is 0 Å². The van der Waals surface area contributed by atoms with E-state index in [9.17, 15) is 0 Å². The Labute approximate surface area is 116 Å². The van der Waals surface area contributed by atoms with Gasteiger partial charge < -0.3 is 9.30 Å². The summed E-state index contributed by atoms with van der Waals surface area (Å²) in [5.41, 5.74) is 0. The number of ether oxygens (including phenoxy) is 1. The molecule has 0 aromatic carbocycles. The van der Waals surface area contributed by atoms with Crippen molar-refractivity contribution in [3.05, 3.63) is 18.2 Å². The van der Waals surface area contributed by atoms with Gasteiger partial charge >= 0.3 is 0 Å². The van der Waals surface area contributed by atoms with Crippen molar-refractivity contribution in [1.82, 2.24) is 14.5 Å². The first-order chi connectivity index (χ1) is 9.33. The van der Waals surface area contributed by atoms with Gasteiger partial charge in [-0.3, -0.25) is 4.90 Å². The molecule has 19 heavy (non-hydrogen) atoms. The van der Waals surface area contributed by atoms with E-state index in [0.717, 1.165) is 45.2 Å². The van der Waals surface area contributed by atoms with Crippen LogP contribution in [0.4, 0.5) is 0 Å². The highest BCUT2D eigenvalue weighted by atomic mass is 16.5. The van der Waals surface area contributed by atoms with E-state index in [2.05, 4.69) is 34.5 Å². The Morgan fingerprint density at radius 1 is 1.37 bits per heavy atom. The molecular weight excluding hydrogens is 238 g/mol. The molecule has 1 aromatic rings. The normalized spacial score (nSPS) is 17.2. The highest BCUT2D eigenvalue weighted by molar-refractivity contribution is 4.92. The first-order valence-electron chi connectivity index (χ1n) is 7.63. The lowest BCUT2D eigenvalue weighted by Crippen LogP contribution is -2.32. The molecule has 0 atom stereocenters. The number of hydrogen-bond acceptors (Lipinski definition) is 3. The van der Waals surface area contributed by atoms with E-state index in [1.165, 1.54) is 25.2 Å². The second kappa shape index (κ2) is 7.65. The van der Waals surface area contributed by atoms with E-state index >= 15 is 0 Å². The van der Waals surface area contributed by atoms with Gasteiger partial charge in [-0.15, -0.1) is 0 Å². The van der Waals surface area contributed by atoms with Crippen LogP contribution >= 0.6 is 0 Å². The zero-order chi connectivity index (χ0) is 13.5. The average Bonchev–Trinajstić information content (AvgIpc) is 2.87. The first-order valence-corrected chi connectivity index (χ1v) is 7.63. The summed E-state index contributed by atoms with van der Waals surface area (Å²) >= 11 is 0. The lowest BCUT2D eigenvalue weighted by molar-refractivity contribution is 0.0517. The predicted molar refractivity (Wildman–Crippen MR) is 77.0 cm³/mol. The molecule has 0 N–H and O–H groups in total. The fourth-order valence-corrected chi connectivity index (χ4v) is 2.74. The lowest BCUT2D eigenvalue weighted by Gasteiger charge is -2.28. The van der Waals surface area contributed by atoms with Crippen LogP contribution in [-0.4, -0.2) is 40.8 Å². The van der Waals surface area contributed by atoms with E-state index in [0.29, 0.717) is 0 Å². The minimum atomic E-state index is 0.795. The third-order valence-electron chi connectivity index (χ3n) is 3.94. The summed E-state index contributed by atoms with van der Waals surface area (Å²) in [7, 11) is 0. The maximum Gasteiger partial charge on any atom is 0.122 e. The number of rotatable bonds is 7. The van der Waals surface area contributed by atoms with Crippen LogP contribution in [0.15, 0.2) is 12.4 Å². The number of imidazole rings is 1. The topological polar surface area (TPSA) is 30.3 Å². The van der Waals surface area contributed by atoms with Gasteiger partial charge in [0.05, 0.1) is 6.54 Å². The van der Waals surface area contributed by atoms with Gasteiger partial charge in [0.1, 0.15) is 5.82 Å². The zero-order valence-electron chi connectivity index (χ0n) is 12.3. The third kappa shape index (κ3) is 4.32. The van der Waals surface area contributed by atoms with Gasteiger partial charge in [-0.1, -0.05) is 13.8 Å². The molecule has 2 heterocycles. The van der Waals surface area contributed by atoms with Crippen molar-refractivity contribution in [3.8, 4) is 0 Å². The minimum absolute atomic E-state index is 0.795. The number of nitrogens with zero attached hydrogens (tertiary/aromatic N) is 3. The quantitative estimate of drug-likeness (QED) is 0.759. The standard InChI is InChI=1S/C15H27N3O/c1-3-8-18-9-7-16-15(18)13-17(4-2)12-14-5-10-19-11-6-14/h7,9,14H,3-6,8,10-13H2,1-2H3. The SMILES string of the molecule is CCCn1ccnc1CN(CC)CC1CCOCC1. The van der Waals surface area contributed by atoms with Gasteiger partial charge in [0.25, 0.3) is 0 Å². The molecule has 0 saturated carbocycles. The molecule has 2 rings (SSSR count). The third-order valence-corrected chi connectivity index (χ3v) is 3.94. The Kier molecular flexibility index (Phi) is 5.86. The van der Waals surface area contributed by atoms with Crippen molar-refractivity contribution in [2.75, 3.05) is 26.3 Å². The highest BCUT2D eigenvalue weighted by Gasteiger charge is 2.18. The zero-order valence-corrected chi connectivity index (χ0v) is 12.3. The molecule has 0 amide bonds. The fraction of sp³-hybridized carbons (Fsp3) is 0.800. The second-order valence-electron chi connectivity index (χ2n) is 5.42. The summed E-state index contributed by atoms with van der Waals surface area (Å²) < 4.78 is 7.72. The van der Waals surface area contributed by atoms with E-state index in [-0.39, 0.29) is 0 Å². The van der Waals surface area contributed by atoms with E-state index in [1.807, 2.05) is 6.20 Å². The summed E-state index contributed by atoms with van der Waals surface area (Å²) in [6, 6.07) is 0. The largest absolute Gasteiger partial charge is 0.381 e. The van der Waals surface area contributed by atoms with Gasteiger partial charge in [0, 0.05) is 38.7 Å². The predicted octanol–water partition coefficient (Wildman–Crippen LogP) is 2.54. The molecule has 0 spiro atoms. The Morgan fingerprint density at radius 3 is 2.84 bits per heavy atom. The van der Waals surface area contributed by atoms with Crippen LogP contribution < -0.4 is 0 Å². The Bertz CT molecular complexity index is 358. The molecule has 1 aliphatic heterocycles. The van der Waals surface area contributed by atoms with Crippen LogP contribution in [-0.2, 0) is 17.8 Å². The van der Waals surface area contributed by atoms with Crippen molar-refractivity contribution in [3.63, 3.8) is 0 Å². The van der Waals surface area contributed by atoms with Crippen LogP contribution in [0.25, 0.3) is 0 Å². The van der Waals surface area contributed by atoms with Gasteiger partial charge in [-0.05, 0) is 31.7 Å². The van der Waals surface area contributed by atoms with Crippen molar-refractivity contribution in [2.24, 2.45) is 5.92 Å². The summed E-state index contributed by atoms with van der Waals surface area (Å²) in [5.74, 6) is 2.00. The number of hydrogen-bond donors (Lipinski definition) is 0. The second-order valence-corrected chi connectivity index (χ2v) is 5.42. The van der Waals surface area contributed by atoms with Crippen molar-refractivity contribution in [2.45, 2.75) is 46.2 Å². The Hall–Kier alpha value is -0.870. The van der Waals surface area contributed by atoms with Crippen LogP contribution in [0, 0.1) is 5.92 Å². The molecule has 0 bridgehead atoms. The average molecular weight is 265 g/mol. The fourth-order valence-electron chi connectivity index (χ4n) is 2.74. The monoisotopic (exact) mass is 265 g/mol. The molecular formula is C15H27N3O. The molecule has 4 heteroatoms. The lowest BCUT2D eigenvalue weighted by atomic mass is 10.00. The van der Waals surface area contributed by atoms with Crippen LogP contribution in [0.5, 0.6) is 0 Å². The van der Waals surface area contributed by atoms with Crippen molar-refractivity contribution < 1.29 is 4.74 Å². The van der Waals surface area contributed by atoms with E-state index in [1.54, 1.807) is 0 Å². The summed E-state index contributed by atoms with van der Waals surface area (Å²) in [6.07, 6.45) is 7.60. The van der Waals surface area contributed by atoms with Crippen LogP contribution in [0.2, 0.25) is 0 Å². The van der Waals surface area contributed by atoms with E-state index in [4.69, 9.17) is 4.74 Å². The molecule has 0 radical (unpaired) electrons. The van der Waals surface area contributed by atoms with Gasteiger partial charge in [-0.2, -0.15) is 0 Å². The summed E-state index contributed by atoms with van der Waals surface area (Å²) in [5, 5.41) is 0. The first kappa shape index (κ1) is 14.5. The summed E-state index contributed by atoms with van der Waals surface area (Å²) in [6.45, 7) is 10.6. The molecule has 0 unspecified atom stereocenters. The maximum absolute atomic E-state index is 5.44. The Balaban J connectivity index is 1.88. The number of aromatic nitrogens is 2. The molecule has 1 aliphatic rings. The molecule has 108 valence electrons. The smallest absolute Gasteiger partial charge is 0.122 e. The van der Waals surface area contributed by atoms with Gasteiger partial charge in [0.15, 0.2) is 0 Å². The summed E-state index contributed by atoms with van der Waals surface area (Å²) in [4.78, 5) is 7.03. The molecule has 0 aliphatic carbocycles.